The molecule has 0 aromatic carbocycles. The highest BCUT2D eigenvalue weighted by Crippen LogP contribution is 2.18. The van der Waals surface area contributed by atoms with Gasteiger partial charge in [0.05, 0.1) is 11.5 Å². The van der Waals surface area contributed by atoms with Crippen molar-refractivity contribution in [3.05, 3.63) is 0 Å². The smallest absolute Gasteiger partial charge is 0.153 e. The van der Waals surface area contributed by atoms with Gasteiger partial charge in [0.15, 0.2) is 9.84 Å². The van der Waals surface area contributed by atoms with Crippen LogP contribution >= 0.6 is 0 Å². The molecule has 2 N–H and O–H groups in total. The van der Waals surface area contributed by atoms with E-state index in [-0.39, 0.29) is 23.6 Å². The summed E-state index contributed by atoms with van der Waals surface area (Å²) in [5.74, 6) is 0.411. The van der Waals surface area contributed by atoms with E-state index in [4.69, 9.17) is 5.73 Å². The number of sulfone groups is 1. The second-order valence-corrected chi connectivity index (χ2v) is 7.34. The summed E-state index contributed by atoms with van der Waals surface area (Å²) in [6.45, 7) is 7.31. The van der Waals surface area contributed by atoms with Gasteiger partial charge in [-0.2, -0.15) is 0 Å². The summed E-state index contributed by atoms with van der Waals surface area (Å²) >= 11 is 0. The fourth-order valence-electron chi connectivity index (χ4n) is 2.87. The van der Waals surface area contributed by atoms with Crippen molar-refractivity contribution in [2.45, 2.75) is 25.4 Å². The van der Waals surface area contributed by atoms with Gasteiger partial charge in [0.2, 0.25) is 0 Å². The molecule has 0 aliphatic carbocycles. The van der Waals surface area contributed by atoms with Gasteiger partial charge in [-0.05, 0) is 13.0 Å². The molecule has 0 spiro atoms. The van der Waals surface area contributed by atoms with Gasteiger partial charge >= 0.3 is 0 Å². The van der Waals surface area contributed by atoms with Crippen molar-refractivity contribution in [3.8, 4) is 0 Å². The van der Waals surface area contributed by atoms with E-state index in [0.29, 0.717) is 0 Å². The molecule has 100 valence electrons. The third-order valence-corrected chi connectivity index (χ3v) is 5.52. The largest absolute Gasteiger partial charge is 0.325 e. The van der Waals surface area contributed by atoms with Crippen LogP contribution in [0.3, 0.4) is 0 Å². The minimum atomic E-state index is -2.90. The lowest BCUT2D eigenvalue weighted by Crippen LogP contribution is -2.55. The molecule has 2 aliphatic rings. The van der Waals surface area contributed by atoms with Gasteiger partial charge in [-0.25, -0.2) is 8.42 Å². The molecule has 0 amide bonds. The SMILES string of the molecule is CCCN1CCN(C2CS(=O)(=O)CC2N)CC1. The molecule has 2 heterocycles. The Balaban J connectivity index is 1.89. The van der Waals surface area contributed by atoms with Crippen LogP contribution in [0.1, 0.15) is 13.3 Å². The van der Waals surface area contributed by atoms with Gasteiger partial charge in [0.25, 0.3) is 0 Å². The van der Waals surface area contributed by atoms with E-state index < -0.39 is 9.84 Å². The number of nitrogens with two attached hydrogens (primary N) is 1. The van der Waals surface area contributed by atoms with Crippen molar-refractivity contribution in [1.82, 2.24) is 9.80 Å². The molecule has 0 aromatic heterocycles. The molecule has 0 aromatic rings. The minimum absolute atomic E-state index is 0.0452. The molecular weight excluding hydrogens is 238 g/mol. The number of rotatable bonds is 3. The number of piperazine rings is 1. The summed E-state index contributed by atoms with van der Waals surface area (Å²) in [5.41, 5.74) is 5.94. The fourth-order valence-corrected chi connectivity index (χ4v) is 4.79. The Labute approximate surface area is 104 Å². The molecule has 5 nitrogen and oxygen atoms in total. The van der Waals surface area contributed by atoms with Crippen LogP contribution in [0, 0.1) is 0 Å². The highest BCUT2D eigenvalue weighted by atomic mass is 32.2. The van der Waals surface area contributed by atoms with Gasteiger partial charge in [-0.1, -0.05) is 6.92 Å². The first kappa shape index (κ1) is 13.3. The minimum Gasteiger partial charge on any atom is -0.325 e. The zero-order valence-electron chi connectivity index (χ0n) is 10.5. The van der Waals surface area contributed by atoms with E-state index in [9.17, 15) is 8.42 Å². The van der Waals surface area contributed by atoms with Crippen molar-refractivity contribution >= 4 is 9.84 Å². The average molecular weight is 261 g/mol. The predicted octanol–water partition coefficient (Wildman–Crippen LogP) is -0.862. The average Bonchev–Trinajstić information content (AvgIpc) is 2.54. The van der Waals surface area contributed by atoms with Crippen molar-refractivity contribution in [2.24, 2.45) is 5.73 Å². The van der Waals surface area contributed by atoms with Gasteiger partial charge in [0, 0.05) is 38.3 Å². The first-order valence-corrected chi connectivity index (χ1v) is 8.26. The molecule has 17 heavy (non-hydrogen) atoms. The van der Waals surface area contributed by atoms with Crippen LogP contribution in [0.4, 0.5) is 0 Å². The van der Waals surface area contributed by atoms with E-state index in [0.717, 1.165) is 32.7 Å². The van der Waals surface area contributed by atoms with Crippen LogP contribution in [0.2, 0.25) is 0 Å². The Kier molecular flexibility index (Phi) is 4.07. The second kappa shape index (κ2) is 5.22. The maximum Gasteiger partial charge on any atom is 0.153 e. The molecular formula is C11H23N3O2S. The molecule has 6 heteroatoms. The van der Waals surface area contributed by atoms with Crippen molar-refractivity contribution in [2.75, 3.05) is 44.2 Å². The molecule has 2 aliphatic heterocycles. The molecule has 2 fully saturated rings. The van der Waals surface area contributed by atoms with Gasteiger partial charge < -0.3 is 10.6 Å². The summed E-state index contributed by atoms with van der Waals surface area (Å²) in [6.07, 6.45) is 1.18. The number of hydrogen-bond donors (Lipinski definition) is 1. The molecule has 2 saturated heterocycles. The summed E-state index contributed by atoms with van der Waals surface area (Å²) in [4.78, 5) is 4.70. The van der Waals surface area contributed by atoms with Crippen LogP contribution in [-0.4, -0.2) is 74.5 Å². The molecule has 0 saturated carbocycles. The van der Waals surface area contributed by atoms with Crippen LogP contribution in [0.5, 0.6) is 0 Å². The van der Waals surface area contributed by atoms with Crippen molar-refractivity contribution in [1.29, 1.82) is 0 Å². The Hall–Kier alpha value is -0.170. The maximum atomic E-state index is 11.5. The number of nitrogens with zero attached hydrogens (tertiary/aromatic N) is 2. The van der Waals surface area contributed by atoms with E-state index in [1.54, 1.807) is 0 Å². The second-order valence-electron chi connectivity index (χ2n) is 5.19. The van der Waals surface area contributed by atoms with E-state index in [1.807, 2.05) is 0 Å². The van der Waals surface area contributed by atoms with E-state index in [1.165, 1.54) is 6.42 Å². The third kappa shape index (κ3) is 3.19. The summed E-state index contributed by atoms with van der Waals surface area (Å²) in [7, 11) is -2.90. The maximum absolute atomic E-state index is 11.5. The summed E-state index contributed by atoms with van der Waals surface area (Å²) < 4.78 is 23.1. The lowest BCUT2D eigenvalue weighted by Gasteiger charge is -2.38. The quantitative estimate of drug-likeness (QED) is 0.716. The predicted molar refractivity (Wildman–Crippen MR) is 68.7 cm³/mol. The van der Waals surface area contributed by atoms with Crippen LogP contribution in [-0.2, 0) is 9.84 Å². The molecule has 2 rings (SSSR count). The first-order valence-electron chi connectivity index (χ1n) is 6.44. The van der Waals surface area contributed by atoms with E-state index >= 15 is 0 Å². The van der Waals surface area contributed by atoms with E-state index in [2.05, 4.69) is 16.7 Å². The molecule has 0 radical (unpaired) electrons. The standard InChI is InChI=1S/C11H23N3O2S/c1-2-3-13-4-6-14(7-5-13)11-9-17(15,16)8-10(11)12/h10-11H,2-9,12H2,1H3. The Morgan fingerprint density at radius 3 is 2.29 bits per heavy atom. The normalized spacial score (nSPS) is 35.2. The van der Waals surface area contributed by atoms with Gasteiger partial charge in [-0.15, -0.1) is 0 Å². The molecule has 0 bridgehead atoms. The van der Waals surface area contributed by atoms with Crippen LogP contribution in [0.25, 0.3) is 0 Å². The number of hydrogen-bond acceptors (Lipinski definition) is 5. The lowest BCUT2D eigenvalue weighted by atomic mass is 10.1. The molecule has 2 atom stereocenters. The topological polar surface area (TPSA) is 66.6 Å². The zero-order chi connectivity index (χ0) is 12.5. The fraction of sp³-hybridized carbons (Fsp3) is 1.00. The Morgan fingerprint density at radius 2 is 1.82 bits per heavy atom. The Morgan fingerprint density at radius 1 is 1.18 bits per heavy atom. The highest BCUT2D eigenvalue weighted by molar-refractivity contribution is 7.91. The van der Waals surface area contributed by atoms with Crippen molar-refractivity contribution in [3.63, 3.8) is 0 Å². The Bertz CT molecular complexity index is 350. The zero-order valence-corrected chi connectivity index (χ0v) is 11.3. The first-order chi connectivity index (χ1) is 8.02. The molecule has 2 unspecified atom stereocenters. The van der Waals surface area contributed by atoms with Crippen LogP contribution < -0.4 is 5.73 Å². The highest BCUT2D eigenvalue weighted by Gasteiger charge is 2.39. The van der Waals surface area contributed by atoms with Crippen LogP contribution in [0.15, 0.2) is 0 Å². The third-order valence-electron chi connectivity index (χ3n) is 3.78. The monoisotopic (exact) mass is 261 g/mol. The summed E-state index contributed by atoms with van der Waals surface area (Å²) in [6, 6.07) is -0.151. The van der Waals surface area contributed by atoms with Gasteiger partial charge in [0.1, 0.15) is 0 Å². The summed E-state index contributed by atoms with van der Waals surface area (Å²) in [5, 5.41) is 0. The lowest BCUT2D eigenvalue weighted by molar-refractivity contribution is 0.0988. The van der Waals surface area contributed by atoms with Gasteiger partial charge in [-0.3, -0.25) is 4.90 Å². The van der Waals surface area contributed by atoms with Crippen molar-refractivity contribution < 1.29 is 8.42 Å².